The normalized spacial score (nSPS) is 23.9. The van der Waals surface area contributed by atoms with Crippen molar-refractivity contribution >= 4 is 5.78 Å². The summed E-state index contributed by atoms with van der Waals surface area (Å²) in [5, 5.41) is 69.5. The number of carbonyl (C=O) groups is 1. The number of rotatable bonds is 12. The highest BCUT2D eigenvalue weighted by Gasteiger charge is 2.44. The molecule has 9 heteroatoms. The summed E-state index contributed by atoms with van der Waals surface area (Å²) in [6.45, 7) is 2.52. The predicted octanol–water partition coefficient (Wildman–Crippen LogP) is 1.08. The minimum atomic E-state index is -1.54. The molecule has 1 heterocycles. The number of aliphatic hydroxyl groups excluding tert-OH is 6. The molecule has 3 rings (SSSR count). The number of phenols is 1. The first-order valence-electron chi connectivity index (χ1n) is 13.0. The molecule has 1 aliphatic rings. The van der Waals surface area contributed by atoms with E-state index in [0.29, 0.717) is 19.3 Å². The van der Waals surface area contributed by atoms with Gasteiger partial charge in [0.15, 0.2) is 0 Å². The number of Topliss-reactive ketones (excluding diaryl/α,β-unsaturated/α-hetero) is 1. The lowest BCUT2D eigenvalue weighted by atomic mass is 9.85. The van der Waals surface area contributed by atoms with Gasteiger partial charge in [0.2, 0.25) is 0 Å². The Morgan fingerprint density at radius 3 is 2.18 bits per heavy atom. The van der Waals surface area contributed by atoms with Crippen molar-refractivity contribution < 1.29 is 45.3 Å². The average Bonchev–Trinajstić information content (AvgIpc) is 2.90. The summed E-state index contributed by atoms with van der Waals surface area (Å²) in [6, 6.07) is 11.3. The molecule has 1 saturated heterocycles. The van der Waals surface area contributed by atoms with Crippen LogP contribution in [-0.4, -0.2) is 85.8 Å². The highest BCUT2D eigenvalue weighted by atomic mass is 16.5. The summed E-state index contributed by atoms with van der Waals surface area (Å²) in [6.07, 6.45) is -4.23. The van der Waals surface area contributed by atoms with Crippen molar-refractivity contribution in [2.24, 2.45) is 5.41 Å². The first-order valence-corrected chi connectivity index (χ1v) is 13.0. The van der Waals surface area contributed by atoms with E-state index in [1.165, 1.54) is 0 Å². The van der Waals surface area contributed by atoms with Gasteiger partial charge in [-0.05, 0) is 60.6 Å². The Labute approximate surface area is 223 Å². The Morgan fingerprint density at radius 1 is 0.947 bits per heavy atom. The van der Waals surface area contributed by atoms with Crippen LogP contribution in [0.1, 0.15) is 60.1 Å². The minimum absolute atomic E-state index is 0.0187. The van der Waals surface area contributed by atoms with Crippen molar-refractivity contribution in [3.05, 3.63) is 64.2 Å². The summed E-state index contributed by atoms with van der Waals surface area (Å²) in [5.74, 6) is -0.0935. The van der Waals surface area contributed by atoms with Gasteiger partial charge in [-0.3, -0.25) is 4.79 Å². The summed E-state index contributed by atoms with van der Waals surface area (Å²) in [4.78, 5) is 12.2. The second-order valence-electron chi connectivity index (χ2n) is 10.8. The van der Waals surface area contributed by atoms with E-state index in [9.17, 15) is 40.5 Å². The Balaban J connectivity index is 1.65. The predicted molar refractivity (Wildman–Crippen MR) is 140 cm³/mol. The van der Waals surface area contributed by atoms with E-state index in [-0.39, 0.29) is 36.7 Å². The maximum Gasteiger partial charge on any atom is 0.133 e. The summed E-state index contributed by atoms with van der Waals surface area (Å²) >= 11 is 0. The van der Waals surface area contributed by atoms with Crippen LogP contribution in [0.3, 0.4) is 0 Å². The van der Waals surface area contributed by atoms with Gasteiger partial charge in [-0.2, -0.15) is 0 Å². The average molecular weight is 533 g/mol. The Hall–Kier alpha value is -2.37. The van der Waals surface area contributed by atoms with Crippen molar-refractivity contribution in [2.45, 2.75) is 76.5 Å². The minimum Gasteiger partial charge on any atom is -0.508 e. The second-order valence-corrected chi connectivity index (χ2v) is 10.8. The van der Waals surface area contributed by atoms with Gasteiger partial charge in [-0.1, -0.05) is 31.2 Å². The van der Waals surface area contributed by atoms with E-state index in [2.05, 4.69) is 0 Å². The van der Waals surface area contributed by atoms with Gasteiger partial charge in [0, 0.05) is 23.8 Å². The molecule has 2 aromatic carbocycles. The van der Waals surface area contributed by atoms with E-state index < -0.39 is 42.5 Å². The van der Waals surface area contributed by atoms with Crippen LogP contribution in [-0.2, 0) is 22.4 Å². The van der Waals surface area contributed by atoms with Gasteiger partial charge in [0.1, 0.15) is 42.1 Å². The maximum atomic E-state index is 12.2. The molecule has 1 aliphatic heterocycles. The van der Waals surface area contributed by atoms with Crippen LogP contribution in [0.5, 0.6) is 5.75 Å². The molecule has 210 valence electrons. The standard InChI is InChI=1S/C29H40O9/c1-17-10-23(34)22(28-27(37)26(36)25(35)24(14-30)38-28)12-20(17)11-19-8-6-18(7-9-19)4-3-5-21(33)13-29(2,15-31)16-32/h6-10,12,24-28,30-32,34-37H,3-5,11,13-16H2,1-2H3/t24-,25-,26+,27-,28+/m1/s1. The molecular weight excluding hydrogens is 492 g/mol. The zero-order valence-electron chi connectivity index (χ0n) is 22.0. The number of hydrogen-bond acceptors (Lipinski definition) is 9. The van der Waals surface area contributed by atoms with E-state index in [1.807, 2.05) is 31.2 Å². The number of phenolic OH excluding ortho intramolecular Hbond substituents is 1. The fraction of sp³-hybridized carbons (Fsp3) is 0.552. The zero-order valence-corrected chi connectivity index (χ0v) is 22.0. The SMILES string of the molecule is Cc1cc(O)c([C@@H]2O[C@H](CO)[C@@H](O)[C@H](O)[C@H]2O)cc1Cc1ccc(CCCC(=O)CC(C)(CO)CO)cc1. The molecule has 38 heavy (non-hydrogen) atoms. The summed E-state index contributed by atoms with van der Waals surface area (Å²) in [7, 11) is 0. The van der Waals surface area contributed by atoms with Crippen LogP contribution in [0.4, 0.5) is 0 Å². The third-order valence-electron chi connectivity index (χ3n) is 7.41. The molecule has 9 nitrogen and oxygen atoms in total. The quantitative estimate of drug-likeness (QED) is 0.212. The second kappa shape index (κ2) is 13.1. The summed E-state index contributed by atoms with van der Waals surface area (Å²) in [5.41, 5.74) is 3.29. The van der Waals surface area contributed by atoms with Gasteiger partial charge in [-0.15, -0.1) is 0 Å². The molecule has 5 atom stereocenters. The van der Waals surface area contributed by atoms with E-state index >= 15 is 0 Å². The van der Waals surface area contributed by atoms with Crippen molar-refractivity contribution in [2.75, 3.05) is 19.8 Å². The van der Waals surface area contributed by atoms with Crippen LogP contribution in [0.2, 0.25) is 0 Å². The Bertz CT molecular complexity index is 1060. The third kappa shape index (κ3) is 7.18. The molecule has 7 N–H and O–H groups in total. The largest absolute Gasteiger partial charge is 0.508 e. The van der Waals surface area contributed by atoms with E-state index in [4.69, 9.17) is 4.74 Å². The van der Waals surface area contributed by atoms with E-state index in [1.54, 1.807) is 19.1 Å². The first kappa shape index (κ1) is 30.2. The lowest BCUT2D eigenvalue weighted by Gasteiger charge is -2.40. The highest BCUT2D eigenvalue weighted by Crippen LogP contribution is 2.38. The number of carbonyl (C=O) groups excluding carboxylic acids is 1. The number of aliphatic hydroxyl groups is 6. The molecule has 0 saturated carbocycles. The van der Waals surface area contributed by atoms with Crippen molar-refractivity contribution in [3.63, 3.8) is 0 Å². The number of ketones is 1. The number of ether oxygens (including phenoxy) is 1. The molecule has 0 aliphatic carbocycles. The van der Waals surface area contributed by atoms with Crippen molar-refractivity contribution in [1.29, 1.82) is 0 Å². The number of hydrogen-bond donors (Lipinski definition) is 7. The lowest BCUT2D eigenvalue weighted by molar-refractivity contribution is -0.232. The smallest absolute Gasteiger partial charge is 0.133 e. The molecule has 0 radical (unpaired) electrons. The maximum absolute atomic E-state index is 12.2. The van der Waals surface area contributed by atoms with Crippen molar-refractivity contribution in [1.82, 2.24) is 0 Å². The highest BCUT2D eigenvalue weighted by molar-refractivity contribution is 5.79. The lowest BCUT2D eigenvalue weighted by Crippen LogP contribution is -2.55. The van der Waals surface area contributed by atoms with Gasteiger partial charge in [0.05, 0.1) is 19.8 Å². The monoisotopic (exact) mass is 532 g/mol. The first-order chi connectivity index (χ1) is 18.0. The fourth-order valence-electron chi connectivity index (χ4n) is 4.79. The van der Waals surface area contributed by atoms with Crippen LogP contribution in [0.15, 0.2) is 36.4 Å². The molecule has 0 aromatic heterocycles. The van der Waals surface area contributed by atoms with Crippen LogP contribution in [0.25, 0.3) is 0 Å². The third-order valence-corrected chi connectivity index (χ3v) is 7.41. The molecule has 1 fully saturated rings. The molecule has 0 unspecified atom stereocenters. The van der Waals surface area contributed by atoms with Crippen LogP contribution < -0.4 is 0 Å². The molecule has 2 aromatic rings. The van der Waals surface area contributed by atoms with Gasteiger partial charge < -0.3 is 40.5 Å². The fourth-order valence-corrected chi connectivity index (χ4v) is 4.79. The van der Waals surface area contributed by atoms with Gasteiger partial charge in [-0.25, -0.2) is 0 Å². The van der Waals surface area contributed by atoms with Crippen molar-refractivity contribution in [3.8, 4) is 5.75 Å². The van der Waals surface area contributed by atoms with Crippen LogP contribution >= 0.6 is 0 Å². The molecule has 0 amide bonds. The Kier molecular flexibility index (Phi) is 10.4. The molecule has 0 bridgehead atoms. The topological polar surface area (TPSA) is 168 Å². The number of aromatic hydroxyl groups is 1. The van der Waals surface area contributed by atoms with Gasteiger partial charge in [0.25, 0.3) is 0 Å². The molecule has 0 spiro atoms. The summed E-state index contributed by atoms with van der Waals surface area (Å²) < 4.78 is 5.63. The number of aryl methyl sites for hydroxylation is 2. The molecular formula is C29H40O9. The van der Waals surface area contributed by atoms with E-state index in [0.717, 1.165) is 28.7 Å². The number of benzene rings is 2. The van der Waals surface area contributed by atoms with Gasteiger partial charge >= 0.3 is 0 Å². The van der Waals surface area contributed by atoms with Crippen LogP contribution in [0, 0.1) is 12.3 Å². The zero-order chi connectivity index (χ0) is 28.0. The Morgan fingerprint density at radius 2 is 1.58 bits per heavy atom.